The summed E-state index contributed by atoms with van der Waals surface area (Å²) in [5.74, 6) is -8.00. The van der Waals surface area contributed by atoms with Crippen molar-refractivity contribution in [3.05, 3.63) is 51.0 Å². The molecule has 1 amide bonds. The van der Waals surface area contributed by atoms with Crippen LogP contribution in [0.1, 0.15) is 60.2 Å². The second kappa shape index (κ2) is 10.9. The lowest BCUT2D eigenvalue weighted by Crippen LogP contribution is -2.63. The molecule has 1 fully saturated rings. The number of likely N-dealkylation sites (N-methyl/N-ethyl adjacent to an activating group) is 1. The molecule has 1 aromatic rings. The zero-order valence-electron chi connectivity index (χ0n) is 25.0. The largest absolute Gasteiger partial charge is 0.510 e. The molecular weight excluding hydrogens is 583 g/mol. The van der Waals surface area contributed by atoms with Crippen LogP contribution in [0.4, 0.5) is 13.2 Å². The number of likely N-dealkylation sites (tertiary alicyclic amines) is 1. The van der Waals surface area contributed by atoms with E-state index in [-0.39, 0.29) is 18.5 Å². The van der Waals surface area contributed by atoms with Gasteiger partial charge in [-0.3, -0.25) is 24.2 Å². The van der Waals surface area contributed by atoms with Crippen LogP contribution in [0.15, 0.2) is 28.7 Å². The van der Waals surface area contributed by atoms with Gasteiger partial charge in [0.1, 0.15) is 22.8 Å². The average molecular weight is 622 g/mol. The summed E-state index contributed by atoms with van der Waals surface area (Å²) in [5, 5.41) is 44.9. The van der Waals surface area contributed by atoms with Gasteiger partial charge in [-0.25, -0.2) is 0 Å². The summed E-state index contributed by atoms with van der Waals surface area (Å²) in [6.07, 6.45) is -3.94. The summed E-state index contributed by atoms with van der Waals surface area (Å²) in [4.78, 5) is 42.6. The zero-order valence-corrected chi connectivity index (χ0v) is 25.0. The molecule has 3 aliphatic carbocycles. The van der Waals surface area contributed by atoms with Gasteiger partial charge in [-0.05, 0) is 87.8 Å². The third kappa shape index (κ3) is 4.80. The van der Waals surface area contributed by atoms with Crippen LogP contribution in [0.2, 0.25) is 0 Å². The van der Waals surface area contributed by atoms with Crippen LogP contribution in [0.5, 0.6) is 5.75 Å². The number of phenols is 1. The maximum absolute atomic E-state index is 14.8. The number of fused-ring (bicyclic) bond motifs is 3. The Kier molecular flexibility index (Phi) is 7.91. The van der Waals surface area contributed by atoms with Gasteiger partial charge in [-0.15, -0.1) is 0 Å². The first kappa shape index (κ1) is 32.0. The summed E-state index contributed by atoms with van der Waals surface area (Å²) in [6, 6.07) is -0.303. The molecule has 0 spiro atoms. The van der Waals surface area contributed by atoms with Crippen LogP contribution in [0.25, 0.3) is 0 Å². The summed E-state index contributed by atoms with van der Waals surface area (Å²) in [6.45, 7) is 5.33. The quantitative estimate of drug-likeness (QED) is 0.311. The minimum atomic E-state index is -4.88. The zero-order chi connectivity index (χ0) is 32.6. The standard InChI is InChI=1S/C31H38F3N3O7/c1-13(2)14-5-7-37(8-6-14)12-16-11-19(38)21-17(23(16)31(32,33)34)9-15-10-18-24(36(3)4)26(40)22(29(35)43)28(42)30(18,44)27(41)20(15)25(21)39/h11,13-15,18,24,38,40-41,44H,5-10,12H2,1-4H3,(H2,35,43)/t15-,18-,24-,30-/m0/s1. The van der Waals surface area contributed by atoms with Gasteiger partial charge in [0, 0.05) is 18.0 Å². The molecule has 240 valence electrons. The fourth-order valence-corrected chi connectivity index (χ4v) is 7.89. The molecule has 0 aromatic heterocycles. The molecule has 1 aliphatic heterocycles. The highest BCUT2D eigenvalue weighted by atomic mass is 19.4. The number of piperidine rings is 1. The van der Waals surface area contributed by atoms with E-state index in [0.29, 0.717) is 24.9 Å². The number of ketones is 2. The van der Waals surface area contributed by atoms with Gasteiger partial charge >= 0.3 is 6.18 Å². The van der Waals surface area contributed by atoms with Crippen LogP contribution in [-0.4, -0.2) is 86.5 Å². The van der Waals surface area contributed by atoms with Crippen molar-refractivity contribution < 1.29 is 48.0 Å². The number of aliphatic hydroxyl groups is 3. The van der Waals surface area contributed by atoms with E-state index >= 15 is 0 Å². The Labute approximate surface area is 252 Å². The molecule has 0 radical (unpaired) electrons. The minimum Gasteiger partial charge on any atom is -0.510 e. The molecule has 4 atom stereocenters. The van der Waals surface area contributed by atoms with Crippen molar-refractivity contribution in [2.75, 3.05) is 27.2 Å². The lowest BCUT2D eigenvalue weighted by Gasteiger charge is -2.50. The number of nitrogens with zero attached hydrogens (tertiary/aromatic N) is 2. The Balaban J connectivity index is 1.63. The monoisotopic (exact) mass is 621 g/mol. The molecule has 6 N–H and O–H groups in total. The van der Waals surface area contributed by atoms with E-state index in [2.05, 4.69) is 13.8 Å². The second-order valence-corrected chi connectivity index (χ2v) is 13.1. The van der Waals surface area contributed by atoms with Crippen molar-refractivity contribution >= 4 is 17.5 Å². The Morgan fingerprint density at radius 3 is 2.30 bits per heavy atom. The van der Waals surface area contributed by atoms with Gasteiger partial charge < -0.3 is 26.2 Å². The number of carbonyl (C=O) groups is 3. The molecule has 1 heterocycles. The van der Waals surface area contributed by atoms with Gasteiger partial charge in [-0.1, -0.05) is 13.8 Å². The van der Waals surface area contributed by atoms with Crippen LogP contribution in [0.3, 0.4) is 0 Å². The summed E-state index contributed by atoms with van der Waals surface area (Å²) in [7, 11) is 2.95. The molecule has 1 saturated heterocycles. The van der Waals surface area contributed by atoms with E-state index in [0.717, 1.165) is 18.9 Å². The SMILES string of the molecule is CC(C)C1CCN(Cc2cc(O)c3c(c2C(F)(F)F)C[C@H]2C[C@H]4[C@H](N(C)C)C(O)=C(C(N)=O)C(=O)[C@@]4(O)C(O)=C2C3=O)CC1. The van der Waals surface area contributed by atoms with E-state index < -0.39 is 98.7 Å². The molecule has 1 aromatic carbocycles. The van der Waals surface area contributed by atoms with Crippen molar-refractivity contribution in [3.63, 3.8) is 0 Å². The number of allylic oxidation sites excluding steroid dienone is 1. The molecule has 10 nitrogen and oxygen atoms in total. The molecule has 0 bridgehead atoms. The highest BCUT2D eigenvalue weighted by Gasteiger charge is 2.63. The molecule has 44 heavy (non-hydrogen) atoms. The number of Topliss-reactive ketones (excluding diaryl/α,β-unsaturated/α-hetero) is 2. The summed E-state index contributed by atoms with van der Waals surface area (Å²) in [5.41, 5.74) is -1.26. The number of phenolic OH excluding ortho intramolecular Hbond substituents is 1. The molecule has 0 saturated carbocycles. The normalized spacial score (nSPS) is 28.5. The number of aliphatic hydroxyl groups excluding tert-OH is 2. The van der Waals surface area contributed by atoms with Crippen LogP contribution >= 0.6 is 0 Å². The highest BCUT2D eigenvalue weighted by Crippen LogP contribution is 2.54. The van der Waals surface area contributed by atoms with Gasteiger partial charge in [-0.2, -0.15) is 13.2 Å². The maximum atomic E-state index is 14.8. The van der Waals surface area contributed by atoms with Crippen molar-refractivity contribution in [2.45, 2.75) is 63.9 Å². The fraction of sp³-hybridized carbons (Fsp3) is 0.581. The fourth-order valence-electron chi connectivity index (χ4n) is 7.89. The smallest absolute Gasteiger partial charge is 0.417 e. The number of carbonyl (C=O) groups excluding carboxylic acids is 3. The van der Waals surface area contributed by atoms with Crippen molar-refractivity contribution in [2.24, 2.45) is 29.4 Å². The second-order valence-electron chi connectivity index (χ2n) is 13.1. The van der Waals surface area contributed by atoms with E-state index in [1.807, 2.05) is 4.90 Å². The third-order valence-electron chi connectivity index (χ3n) is 10.1. The molecule has 13 heteroatoms. The Morgan fingerprint density at radius 1 is 1.16 bits per heavy atom. The molecular formula is C31H38F3N3O7. The van der Waals surface area contributed by atoms with Gasteiger partial charge in [0.2, 0.25) is 5.78 Å². The molecule has 0 unspecified atom stereocenters. The number of alkyl halides is 3. The van der Waals surface area contributed by atoms with Gasteiger partial charge in [0.05, 0.1) is 17.2 Å². The Morgan fingerprint density at radius 2 is 1.77 bits per heavy atom. The lowest BCUT2D eigenvalue weighted by molar-refractivity contribution is -0.148. The Hall–Kier alpha value is -3.42. The topological polar surface area (TPSA) is 165 Å². The van der Waals surface area contributed by atoms with Crippen LogP contribution < -0.4 is 5.73 Å². The van der Waals surface area contributed by atoms with Crippen LogP contribution in [0, 0.1) is 23.7 Å². The van der Waals surface area contributed by atoms with E-state index in [1.54, 1.807) is 0 Å². The van der Waals surface area contributed by atoms with E-state index in [4.69, 9.17) is 5.73 Å². The van der Waals surface area contributed by atoms with Crippen molar-refractivity contribution in [3.8, 4) is 5.75 Å². The van der Waals surface area contributed by atoms with Crippen LogP contribution in [-0.2, 0) is 28.7 Å². The summed E-state index contributed by atoms with van der Waals surface area (Å²) < 4.78 is 44.4. The average Bonchev–Trinajstić information content (AvgIpc) is 2.89. The number of aromatic hydroxyl groups is 1. The minimum absolute atomic E-state index is 0.0819. The number of benzene rings is 1. The van der Waals surface area contributed by atoms with Crippen molar-refractivity contribution in [1.82, 2.24) is 9.80 Å². The van der Waals surface area contributed by atoms with Gasteiger partial charge in [0.15, 0.2) is 11.4 Å². The number of hydrogen-bond acceptors (Lipinski definition) is 9. The predicted molar refractivity (Wildman–Crippen MR) is 152 cm³/mol. The number of halogens is 3. The predicted octanol–water partition coefficient (Wildman–Crippen LogP) is 3.01. The lowest BCUT2D eigenvalue weighted by atomic mass is 9.58. The maximum Gasteiger partial charge on any atom is 0.417 e. The molecule has 4 aliphatic rings. The first-order valence-electron chi connectivity index (χ1n) is 14.7. The number of primary amides is 1. The van der Waals surface area contributed by atoms with E-state index in [9.17, 15) is 48.0 Å². The van der Waals surface area contributed by atoms with Crippen molar-refractivity contribution in [1.29, 1.82) is 0 Å². The molecule has 5 rings (SSSR count). The first-order valence-corrected chi connectivity index (χ1v) is 14.7. The van der Waals surface area contributed by atoms with E-state index in [1.165, 1.54) is 19.0 Å². The third-order valence-corrected chi connectivity index (χ3v) is 10.1. The number of rotatable bonds is 5. The number of amides is 1. The first-order chi connectivity index (χ1) is 20.4. The highest BCUT2D eigenvalue weighted by molar-refractivity contribution is 6.24. The number of nitrogens with two attached hydrogens (primary N) is 1. The van der Waals surface area contributed by atoms with Gasteiger partial charge in [0.25, 0.3) is 5.91 Å². The summed E-state index contributed by atoms with van der Waals surface area (Å²) >= 11 is 0. The Bertz CT molecular complexity index is 1490. The number of hydrogen-bond donors (Lipinski definition) is 5.